The van der Waals surface area contributed by atoms with Crippen LogP contribution in [-0.2, 0) is 36.4 Å². The predicted octanol–water partition coefficient (Wildman–Crippen LogP) is -1.78. The topological polar surface area (TPSA) is 242 Å². The summed E-state index contributed by atoms with van der Waals surface area (Å²) in [5.74, 6) is -2.03. The quantitative estimate of drug-likeness (QED) is 0.172. The molecule has 174 valence electrons. The van der Waals surface area contributed by atoms with Crippen LogP contribution in [0.15, 0.2) is 12.3 Å². The first kappa shape index (κ1) is 25.5. The second-order valence-corrected chi connectivity index (χ2v) is 10.3. The fraction of sp³-hybridized carbons (Fsp3) is 0.700. The molecule has 0 radical (unpaired) electrons. The van der Waals surface area contributed by atoms with Crippen LogP contribution in [0, 0.1) is 5.92 Å². The summed E-state index contributed by atoms with van der Waals surface area (Å²) in [4.78, 5) is 47.4. The summed E-state index contributed by atoms with van der Waals surface area (Å²) in [6.07, 6.45) is -4.71. The summed E-state index contributed by atoms with van der Waals surface area (Å²) >= 11 is 0. The number of ether oxygens (including phenoxy) is 1. The molecule has 0 bridgehead atoms. The fourth-order valence-corrected chi connectivity index (χ4v) is 5.60. The van der Waals surface area contributed by atoms with E-state index in [0.717, 1.165) is 17.2 Å². The Morgan fingerprint density at radius 1 is 1.17 bits per heavy atom. The summed E-state index contributed by atoms with van der Waals surface area (Å²) in [6, 6.07) is 0. The normalized spacial score (nSPS) is 33.8. The van der Waals surface area contributed by atoms with E-state index in [1.165, 1.54) is 0 Å². The summed E-state index contributed by atoms with van der Waals surface area (Å²) in [7, 11) is -16.8. The number of rotatable bonds is 9. The van der Waals surface area contributed by atoms with Crippen LogP contribution < -0.4 is 5.32 Å². The first-order valence-corrected chi connectivity index (χ1v) is 12.3. The largest absolute Gasteiger partial charge is 0.490 e. The van der Waals surface area contributed by atoms with Gasteiger partial charge in [-0.15, -0.1) is 0 Å². The predicted molar refractivity (Wildman–Crippen MR) is 89.1 cm³/mol. The molecule has 1 amide bonds. The van der Waals surface area contributed by atoms with Crippen LogP contribution >= 0.6 is 23.5 Å². The Morgan fingerprint density at radius 2 is 1.80 bits per heavy atom. The summed E-state index contributed by atoms with van der Waals surface area (Å²) in [5.41, 5.74) is 0. The Balaban J connectivity index is 2.04. The molecule has 0 aromatic rings. The van der Waals surface area contributed by atoms with Gasteiger partial charge in [-0.2, -0.15) is 8.62 Å². The molecule has 0 saturated carbocycles. The number of aliphatic hydroxyl groups is 2. The van der Waals surface area contributed by atoms with Crippen molar-refractivity contribution in [2.24, 2.45) is 5.92 Å². The third-order valence-electron chi connectivity index (χ3n) is 3.75. The molecule has 0 spiro atoms. The van der Waals surface area contributed by atoms with Gasteiger partial charge in [-0.05, 0) is 0 Å². The molecule has 1 fully saturated rings. The van der Waals surface area contributed by atoms with Crippen LogP contribution in [0.3, 0.4) is 0 Å². The van der Waals surface area contributed by atoms with Gasteiger partial charge in [-0.3, -0.25) is 9.32 Å². The maximum Gasteiger partial charge on any atom is 0.490 e. The van der Waals surface area contributed by atoms with Gasteiger partial charge >= 0.3 is 23.5 Å². The highest BCUT2D eigenvalue weighted by Gasteiger charge is 2.50. The van der Waals surface area contributed by atoms with E-state index in [9.17, 15) is 38.0 Å². The minimum absolute atomic E-state index is 0.671. The van der Waals surface area contributed by atoms with Crippen molar-refractivity contribution in [3.8, 4) is 0 Å². The number of hydrogen-bond donors (Lipinski definition) is 7. The smallest absolute Gasteiger partial charge is 0.396 e. The molecule has 30 heavy (non-hydrogen) atoms. The number of hydrogen-bond acceptors (Lipinski definition) is 11. The zero-order valence-corrected chi connectivity index (χ0v) is 17.3. The molecular weight excluding hydrogens is 484 g/mol. The van der Waals surface area contributed by atoms with Crippen molar-refractivity contribution >= 4 is 29.4 Å². The minimum Gasteiger partial charge on any atom is -0.396 e. The van der Waals surface area contributed by atoms with Gasteiger partial charge in [0.05, 0.1) is 19.3 Å². The van der Waals surface area contributed by atoms with Crippen molar-refractivity contribution < 1.29 is 70.5 Å². The summed E-state index contributed by atoms with van der Waals surface area (Å²) < 4.78 is 64.9. The average molecular weight is 502 g/mol. The monoisotopic (exact) mass is 502 g/mol. The number of phosphoric ester groups is 1. The van der Waals surface area contributed by atoms with E-state index < -0.39 is 73.4 Å². The van der Waals surface area contributed by atoms with Crippen LogP contribution in [0.25, 0.3) is 0 Å². The molecule has 2 aliphatic heterocycles. The van der Waals surface area contributed by atoms with Gasteiger partial charge < -0.3 is 44.7 Å². The molecular formula is C10H18FN2O14P3. The standard InChI is InChI=1S/C10H18FN2O14P3/c11-8-5(3-14)6(25-9(8)13-2-1-7(15)12-10(13)16)4-24-29(20,21)27-30(22,23)26-28(17,18)19/h1-2,5-6,8-10,14,16H,3-4H2,(H,12,15)(H,20,21)(H,22,23)(H2,17,18,19)/t5-,6-,8-,9-,10?/m1/s1. The second-order valence-electron chi connectivity index (χ2n) is 5.89. The number of phosphoric acid groups is 3. The van der Waals surface area contributed by atoms with E-state index in [-0.39, 0.29) is 0 Å². The highest BCUT2D eigenvalue weighted by atomic mass is 31.3. The third kappa shape index (κ3) is 6.87. The molecule has 1 saturated heterocycles. The van der Waals surface area contributed by atoms with Crippen molar-refractivity contribution in [2.75, 3.05) is 13.2 Å². The van der Waals surface area contributed by atoms with Gasteiger partial charge in [-0.25, -0.2) is 18.1 Å². The van der Waals surface area contributed by atoms with Crippen molar-refractivity contribution in [3.05, 3.63) is 12.3 Å². The van der Waals surface area contributed by atoms with Gasteiger partial charge in [-0.1, -0.05) is 0 Å². The van der Waals surface area contributed by atoms with Gasteiger partial charge in [0.2, 0.25) is 12.3 Å². The lowest BCUT2D eigenvalue weighted by molar-refractivity contribution is -0.147. The van der Waals surface area contributed by atoms with Crippen molar-refractivity contribution in [1.29, 1.82) is 0 Å². The fourth-order valence-electron chi connectivity index (χ4n) is 2.57. The number of carbonyl (C=O) groups is 1. The Labute approximate surface area is 167 Å². The number of alkyl halides is 1. The lowest BCUT2D eigenvalue weighted by atomic mass is 10.0. The van der Waals surface area contributed by atoms with Gasteiger partial charge in [0.25, 0.3) is 0 Å². The zero-order chi connectivity index (χ0) is 22.9. The number of carbonyl (C=O) groups excluding carboxylic acids is 1. The van der Waals surface area contributed by atoms with Crippen LogP contribution in [0.4, 0.5) is 4.39 Å². The van der Waals surface area contributed by atoms with Crippen LogP contribution in [0.2, 0.25) is 0 Å². The van der Waals surface area contributed by atoms with Crippen LogP contribution in [-0.4, -0.2) is 78.7 Å². The maximum absolute atomic E-state index is 14.6. The minimum atomic E-state index is -5.74. The molecule has 2 heterocycles. The number of nitrogens with one attached hydrogen (secondary N) is 1. The zero-order valence-electron chi connectivity index (χ0n) is 14.6. The summed E-state index contributed by atoms with van der Waals surface area (Å²) in [5, 5.41) is 21.2. The molecule has 0 aliphatic carbocycles. The summed E-state index contributed by atoms with van der Waals surface area (Å²) in [6.45, 7) is -1.84. The number of aliphatic hydroxyl groups excluding tert-OH is 2. The number of halogens is 1. The maximum atomic E-state index is 14.6. The molecule has 20 heteroatoms. The Morgan fingerprint density at radius 3 is 2.33 bits per heavy atom. The van der Waals surface area contributed by atoms with E-state index in [4.69, 9.17) is 19.4 Å². The highest BCUT2D eigenvalue weighted by Crippen LogP contribution is 2.66. The van der Waals surface area contributed by atoms with E-state index >= 15 is 0 Å². The highest BCUT2D eigenvalue weighted by molar-refractivity contribution is 7.66. The van der Waals surface area contributed by atoms with Gasteiger partial charge in [0.15, 0.2) is 12.4 Å². The van der Waals surface area contributed by atoms with Crippen molar-refractivity contribution in [2.45, 2.75) is 24.9 Å². The molecule has 2 aliphatic rings. The van der Waals surface area contributed by atoms with Crippen molar-refractivity contribution in [1.82, 2.24) is 10.2 Å². The Bertz CT molecular complexity index is 820. The third-order valence-corrected chi connectivity index (χ3v) is 7.55. The lowest BCUT2D eigenvalue weighted by Crippen LogP contribution is -2.54. The first-order chi connectivity index (χ1) is 13.6. The van der Waals surface area contributed by atoms with E-state index in [1.54, 1.807) is 0 Å². The number of nitrogens with zero attached hydrogens (tertiary/aromatic N) is 1. The average Bonchev–Trinajstić information content (AvgIpc) is 2.85. The Kier molecular flexibility index (Phi) is 7.97. The second kappa shape index (κ2) is 9.38. The van der Waals surface area contributed by atoms with Gasteiger partial charge in [0.1, 0.15) is 0 Å². The molecule has 0 aromatic carbocycles. The van der Waals surface area contributed by atoms with E-state index in [2.05, 4.69) is 13.1 Å². The van der Waals surface area contributed by atoms with Crippen LogP contribution in [0.1, 0.15) is 0 Å². The molecule has 7 N–H and O–H groups in total. The van der Waals surface area contributed by atoms with Crippen molar-refractivity contribution in [3.63, 3.8) is 0 Å². The Hall–Kier alpha value is -0.770. The van der Waals surface area contributed by atoms with E-state index in [1.807, 2.05) is 5.32 Å². The molecule has 2 rings (SSSR count). The first-order valence-electron chi connectivity index (χ1n) is 7.77. The van der Waals surface area contributed by atoms with E-state index in [0.29, 0.717) is 0 Å². The molecule has 7 atom stereocenters. The number of amides is 1. The molecule has 0 aromatic heterocycles. The van der Waals surface area contributed by atoms with Crippen LogP contribution in [0.5, 0.6) is 0 Å². The molecule has 16 nitrogen and oxygen atoms in total. The lowest BCUT2D eigenvalue weighted by Gasteiger charge is -2.34. The van der Waals surface area contributed by atoms with Gasteiger partial charge in [0, 0.05) is 18.2 Å². The molecule has 3 unspecified atom stereocenters. The SMILES string of the molecule is O=C1C=CN([C@@H]2O[C@H](COP(=O)(O)OP(=O)(O)OP(=O)(O)O)[C@@H](CO)[C@H]2F)C(O)N1.